The van der Waals surface area contributed by atoms with Crippen LogP contribution in [0.4, 0.5) is 0 Å². The van der Waals surface area contributed by atoms with Crippen molar-refractivity contribution in [2.24, 2.45) is 0 Å². The summed E-state index contributed by atoms with van der Waals surface area (Å²) in [5.74, 6) is -0.521. The van der Waals surface area contributed by atoms with Crippen molar-refractivity contribution in [3.8, 4) is 0 Å². The Morgan fingerprint density at radius 3 is 2.55 bits per heavy atom. The third-order valence-electron chi connectivity index (χ3n) is 3.11. The highest BCUT2D eigenvalue weighted by molar-refractivity contribution is 6.49. The maximum atomic E-state index is 11.8. The first-order valence-corrected chi connectivity index (χ1v) is 6.48. The molecular formula is C12H9Cl2N3O3. The highest BCUT2D eigenvalue weighted by Gasteiger charge is 2.36. The fourth-order valence-electron chi connectivity index (χ4n) is 2.12. The van der Waals surface area contributed by atoms with Crippen molar-refractivity contribution >= 4 is 40.1 Å². The lowest BCUT2D eigenvalue weighted by Gasteiger charge is -2.21. The van der Waals surface area contributed by atoms with Crippen molar-refractivity contribution in [3.05, 3.63) is 44.3 Å². The van der Waals surface area contributed by atoms with Gasteiger partial charge in [0.25, 0.3) is 5.91 Å². The van der Waals surface area contributed by atoms with Crippen LogP contribution in [-0.4, -0.2) is 32.1 Å². The number of aromatic amines is 2. The van der Waals surface area contributed by atoms with Crippen LogP contribution in [0.1, 0.15) is 5.56 Å². The number of nitrogens with one attached hydrogen (secondary N) is 2. The molecule has 0 fully saturated rings. The standard InChI is InChI=1S/C12H9Cl2N3O3/c13-8-9(14)11(19)17(10(8)18)4-5-1-2-6-7(3-5)16-12(20)15-6/h1-3,10,18H,4H2,(H2,15,16,20). The number of benzene rings is 1. The summed E-state index contributed by atoms with van der Waals surface area (Å²) in [6.45, 7) is 0.135. The number of halogens is 2. The van der Waals surface area contributed by atoms with Crippen molar-refractivity contribution in [2.45, 2.75) is 12.8 Å². The first kappa shape index (κ1) is 13.2. The fourth-order valence-corrected chi connectivity index (χ4v) is 2.53. The Kier molecular flexibility index (Phi) is 3.08. The molecule has 1 aromatic heterocycles. The van der Waals surface area contributed by atoms with Gasteiger partial charge in [-0.05, 0) is 17.7 Å². The number of nitrogens with zero attached hydrogens (tertiary/aromatic N) is 1. The maximum absolute atomic E-state index is 11.8. The van der Waals surface area contributed by atoms with E-state index in [1.165, 1.54) is 0 Å². The molecule has 1 unspecified atom stereocenters. The van der Waals surface area contributed by atoms with Crippen molar-refractivity contribution in [3.63, 3.8) is 0 Å². The molecule has 20 heavy (non-hydrogen) atoms. The van der Waals surface area contributed by atoms with Crippen molar-refractivity contribution in [2.75, 3.05) is 0 Å². The van der Waals surface area contributed by atoms with Crippen LogP contribution in [0.25, 0.3) is 11.0 Å². The molecule has 1 aliphatic heterocycles. The first-order valence-electron chi connectivity index (χ1n) is 5.72. The number of H-pyrrole nitrogens is 2. The topological polar surface area (TPSA) is 89.2 Å². The molecule has 0 spiro atoms. The zero-order valence-electron chi connectivity index (χ0n) is 9.98. The van der Waals surface area contributed by atoms with E-state index in [4.69, 9.17) is 23.2 Å². The molecule has 1 aromatic carbocycles. The molecular weight excluding hydrogens is 305 g/mol. The van der Waals surface area contributed by atoms with Gasteiger partial charge in [0.2, 0.25) is 0 Å². The first-order chi connectivity index (χ1) is 9.47. The molecule has 3 N–H and O–H groups in total. The maximum Gasteiger partial charge on any atom is 0.323 e. The van der Waals surface area contributed by atoms with Crippen molar-refractivity contribution in [1.29, 1.82) is 0 Å². The molecule has 1 amide bonds. The summed E-state index contributed by atoms with van der Waals surface area (Å²) in [5.41, 5.74) is 1.72. The van der Waals surface area contributed by atoms with Gasteiger partial charge >= 0.3 is 5.69 Å². The third kappa shape index (κ3) is 2.02. The Balaban J connectivity index is 1.90. The van der Waals surface area contributed by atoms with Gasteiger partial charge in [-0.1, -0.05) is 29.3 Å². The minimum Gasteiger partial charge on any atom is -0.368 e. The van der Waals surface area contributed by atoms with Gasteiger partial charge < -0.3 is 20.0 Å². The highest BCUT2D eigenvalue weighted by Crippen LogP contribution is 2.31. The van der Waals surface area contributed by atoms with Crippen LogP contribution in [0.3, 0.4) is 0 Å². The van der Waals surface area contributed by atoms with E-state index in [9.17, 15) is 14.7 Å². The Morgan fingerprint density at radius 2 is 1.90 bits per heavy atom. The Morgan fingerprint density at radius 1 is 1.20 bits per heavy atom. The minimum absolute atomic E-state index is 0.0761. The molecule has 0 saturated carbocycles. The smallest absolute Gasteiger partial charge is 0.323 e. The summed E-state index contributed by atoms with van der Waals surface area (Å²) in [7, 11) is 0. The van der Waals surface area contributed by atoms with E-state index in [1.807, 2.05) is 0 Å². The van der Waals surface area contributed by atoms with E-state index in [1.54, 1.807) is 18.2 Å². The summed E-state index contributed by atoms with van der Waals surface area (Å²) in [5, 5.41) is 9.60. The molecule has 2 aromatic rings. The Bertz CT molecular complexity index is 793. The van der Waals surface area contributed by atoms with E-state index in [2.05, 4.69) is 9.97 Å². The van der Waals surface area contributed by atoms with Gasteiger partial charge in [-0.3, -0.25) is 4.79 Å². The SMILES string of the molecule is O=C1C(Cl)=C(Cl)C(O)N1Cc1ccc2[nH]c(=O)[nH]c2c1. The summed E-state index contributed by atoms with van der Waals surface area (Å²) in [6, 6.07) is 5.17. The van der Waals surface area contributed by atoms with E-state index in [-0.39, 0.29) is 22.3 Å². The molecule has 2 heterocycles. The minimum atomic E-state index is -1.24. The van der Waals surface area contributed by atoms with Crippen molar-refractivity contribution in [1.82, 2.24) is 14.9 Å². The van der Waals surface area contributed by atoms with E-state index in [0.29, 0.717) is 11.0 Å². The van der Waals surface area contributed by atoms with E-state index >= 15 is 0 Å². The average molecular weight is 314 g/mol. The normalized spacial score (nSPS) is 19.4. The van der Waals surface area contributed by atoms with E-state index in [0.717, 1.165) is 10.5 Å². The summed E-state index contributed by atoms with van der Waals surface area (Å²) in [4.78, 5) is 29.4. The van der Waals surface area contributed by atoms with Gasteiger partial charge in [0.05, 0.1) is 16.1 Å². The number of amides is 1. The van der Waals surface area contributed by atoms with Gasteiger partial charge in [-0.15, -0.1) is 0 Å². The molecule has 104 valence electrons. The van der Waals surface area contributed by atoms with Crippen LogP contribution >= 0.6 is 23.2 Å². The fraction of sp³-hybridized carbons (Fsp3) is 0.167. The van der Waals surface area contributed by atoms with Crippen LogP contribution in [-0.2, 0) is 11.3 Å². The molecule has 0 radical (unpaired) electrons. The number of carbonyl (C=O) groups excluding carboxylic acids is 1. The predicted octanol–water partition coefficient (Wildman–Crippen LogP) is 1.21. The number of aromatic nitrogens is 2. The second kappa shape index (κ2) is 4.66. The summed E-state index contributed by atoms with van der Waals surface area (Å²) in [6.07, 6.45) is -1.24. The zero-order valence-corrected chi connectivity index (χ0v) is 11.5. The molecule has 1 atom stereocenters. The van der Waals surface area contributed by atoms with Gasteiger partial charge in [0, 0.05) is 6.54 Å². The number of fused-ring (bicyclic) bond motifs is 1. The van der Waals surface area contributed by atoms with Crippen LogP contribution in [0.15, 0.2) is 33.1 Å². The van der Waals surface area contributed by atoms with Crippen molar-refractivity contribution < 1.29 is 9.90 Å². The number of aliphatic hydroxyl groups is 1. The number of hydrogen-bond acceptors (Lipinski definition) is 3. The monoisotopic (exact) mass is 313 g/mol. The van der Waals surface area contributed by atoms with Crippen LogP contribution in [0.5, 0.6) is 0 Å². The van der Waals surface area contributed by atoms with Crippen LogP contribution < -0.4 is 5.69 Å². The summed E-state index contributed by atoms with van der Waals surface area (Å²) < 4.78 is 0. The highest BCUT2D eigenvalue weighted by atomic mass is 35.5. The Hall–Kier alpha value is -1.76. The lowest BCUT2D eigenvalue weighted by Crippen LogP contribution is -2.34. The second-order valence-corrected chi connectivity index (χ2v) is 5.21. The van der Waals surface area contributed by atoms with Crippen LogP contribution in [0.2, 0.25) is 0 Å². The number of hydrogen-bond donors (Lipinski definition) is 3. The zero-order chi connectivity index (χ0) is 14.4. The van der Waals surface area contributed by atoms with Gasteiger partial charge in [0.1, 0.15) is 5.03 Å². The number of rotatable bonds is 2. The molecule has 8 heteroatoms. The molecule has 6 nitrogen and oxygen atoms in total. The predicted molar refractivity (Wildman–Crippen MR) is 74.2 cm³/mol. The Labute approximate surface area is 122 Å². The van der Waals surface area contributed by atoms with E-state index < -0.39 is 12.1 Å². The number of aliphatic hydroxyl groups excluding tert-OH is 1. The average Bonchev–Trinajstić information content (AvgIpc) is 2.87. The van der Waals surface area contributed by atoms with Gasteiger partial charge in [-0.25, -0.2) is 4.79 Å². The van der Waals surface area contributed by atoms with Gasteiger partial charge in [-0.2, -0.15) is 0 Å². The number of carbonyl (C=O) groups is 1. The number of imidazole rings is 1. The summed E-state index contributed by atoms with van der Waals surface area (Å²) >= 11 is 11.5. The lowest BCUT2D eigenvalue weighted by molar-refractivity contribution is -0.132. The molecule has 0 saturated heterocycles. The van der Waals surface area contributed by atoms with Gasteiger partial charge in [0.15, 0.2) is 6.23 Å². The molecule has 0 aliphatic carbocycles. The third-order valence-corrected chi connectivity index (χ3v) is 3.96. The van der Waals surface area contributed by atoms with Crippen LogP contribution in [0, 0.1) is 0 Å². The molecule has 3 rings (SSSR count). The second-order valence-electron chi connectivity index (χ2n) is 4.43. The largest absolute Gasteiger partial charge is 0.368 e. The quantitative estimate of drug-likeness (QED) is 0.778. The molecule has 1 aliphatic rings. The molecule has 0 bridgehead atoms. The lowest BCUT2D eigenvalue weighted by atomic mass is 10.2.